The minimum Gasteiger partial charge on any atom is -0.393 e. The third-order valence-corrected chi connectivity index (χ3v) is 2.57. The lowest BCUT2D eigenvalue weighted by Crippen LogP contribution is -2.31. The molecule has 0 aliphatic rings. The molecule has 1 aromatic heterocycles. The summed E-state index contributed by atoms with van der Waals surface area (Å²) < 4.78 is 0. The van der Waals surface area contributed by atoms with Gasteiger partial charge >= 0.3 is 6.03 Å². The molecule has 1 aromatic rings. The summed E-state index contributed by atoms with van der Waals surface area (Å²) in [6, 6.07) is 3.46. The largest absolute Gasteiger partial charge is 0.393 e. The van der Waals surface area contributed by atoms with Crippen LogP contribution in [-0.2, 0) is 0 Å². The zero-order valence-corrected chi connectivity index (χ0v) is 11.2. The van der Waals surface area contributed by atoms with Crippen LogP contribution in [0.4, 0.5) is 10.6 Å². The predicted molar refractivity (Wildman–Crippen MR) is 71.6 cm³/mol. The Morgan fingerprint density at radius 3 is 2.78 bits per heavy atom. The average Bonchev–Trinajstić information content (AvgIpc) is 2.27. The third kappa shape index (κ3) is 5.14. The smallest absolute Gasteiger partial charge is 0.320 e. The summed E-state index contributed by atoms with van der Waals surface area (Å²) in [5.74, 6) is 0.543. The topological polar surface area (TPSA) is 74.2 Å². The molecule has 2 amide bonds. The quantitative estimate of drug-likeness (QED) is 0.749. The summed E-state index contributed by atoms with van der Waals surface area (Å²) in [5.41, 5.74) is 1.92. The van der Waals surface area contributed by atoms with Crippen molar-refractivity contribution in [3.8, 4) is 0 Å². The number of aryl methyl sites for hydroxylation is 2. The lowest BCUT2D eigenvalue weighted by atomic mass is 10.2. The van der Waals surface area contributed by atoms with Crippen molar-refractivity contribution in [1.29, 1.82) is 0 Å². The van der Waals surface area contributed by atoms with E-state index in [1.807, 2.05) is 32.9 Å². The van der Waals surface area contributed by atoms with Crippen LogP contribution in [0.5, 0.6) is 0 Å². The molecule has 5 heteroatoms. The van der Waals surface area contributed by atoms with Crippen molar-refractivity contribution >= 4 is 11.8 Å². The molecule has 18 heavy (non-hydrogen) atoms. The highest BCUT2D eigenvalue weighted by Crippen LogP contribution is 2.08. The molecule has 0 radical (unpaired) electrons. The van der Waals surface area contributed by atoms with Crippen molar-refractivity contribution in [2.75, 3.05) is 11.9 Å². The molecule has 1 rings (SSSR count). The van der Waals surface area contributed by atoms with Crippen molar-refractivity contribution < 1.29 is 9.90 Å². The SMILES string of the molecule is CCC(O)CCNC(=O)Nc1cc(C)cc(C)n1. The second-order valence-electron chi connectivity index (χ2n) is 4.40. The van der Waals surface area contributed by atoms with Gasteiger partial charge < -0.3 is 10.4 Å². The van der Waals surface area contributed by atoms with Crippen LogP contribution in [0.15, 0.2) is 12.1 Å². The highest BCUT2D eigenvalue weighted by Gasteiger charge is 2.05. The van der Waals surface area contributed by atoms with Gasteiger partial charge in [-0.25, -0.2) is 9.78 Å². The van der Waals surface area contributed by atoms with Gasteiger partial charge in [0.2, 0.25) is 0 Å². The van der Waals surface area contributed by atoms with Gasteiger partial charge in [-0.15, -0.1) is 0 Å². The molecule has 0 saturated heterocycles. The van der Waals surface area contributed by atoms with E-state index in [-0.39, 0.29) is 12.1 Å². The number of carbonyl (C=O) groups is 1. The zero-order chi connectivity index (χ0) is 13.5. The minimum atomic E-state index is -0.357. The molecule has 1 heterocycles. The van der Waals surface area contributed by atoms with Crippen molar-refractivity contribution in [3.05, 3.63) is 23.4 Å². The Hall–Kier alpha value is -1.62. The maximum Gasteiger partial charge on any atom is 0.320 e. The van der Waals surface area contributed by atoms with E-state index in [4.69, 9.17) is 0 Å². The van der Waals surface area contributed by atoms with Crippen molar-refractivity contribution in [3.63, 3.8) is 0 Å². The molecule has 0 fully saturated rings. The molecular formula is C13H21N3O2. The standard InChI is InChI=1S/C13H21N3O2/c1-4-11(17)5-6-14-13(18)16-12-8-9(2)7-10(3)15-12/h7-8,11,17H,4-6H2,1-3H3,(H2,14,15,16,18). The molecule has 0 bridgehead atoms. The van der Waals surface area contributed by atoms with Crippen molar-refractivity contribution in [1.82, 2.24) is 10.3 Å². The van der Waals surface area contributed by atoms with Crippen LogP contribution in [0, 0.1) is 13.8 Å². The van der Waals surface area contributed by atoms with E-state index in [0.717, 1.165) is 11.3 Å². The molecule has 1 unspecified atom stereocenters. The summed E-state index contributed by atoms with van der Waals surface area (Å²) in [7, 11) is 0. The maximum absolute atomic E-state index is 11.6. The van der Waals surface area contributed by atoms with Crippen LogP contribution in [0.2, 0.25) is 0 Å². The third-order valence-electron chi connectivity index (χ3n) is 2.57. The number of amides is 2. The number of hydrogen-bond donors (Lipinski definition) is 3. The Morgan fingerprint density at radius 1 is 1.44 bits per heavy atom. The van der Waals surface area contributed by atoms with E-state index in [9.17, 15) is 9.90 Å². The normalized spacial score (nSPS) is 12.0. The monoisotopic (exact) mass is 251 g/mol. The van der Waals surface area contributed by atoms with E-state index in [1.165, 1.54) is 0 Å². The second kappa shape index (κ2) is 6.96. The lowest BCUT2D eigenvalue weighted by Gasteiger charge is -2.10. The zero-order valence-electron chi connectivity index (χ0n) is 11.2. The number of rotatable bonds is 5. The van der Waals surface area contributed by atoms with Gasteiger partial charge in [0.05, 0.1) is 6.10 Å². The Bertz CT molecular complexity index is 387. The van der Waals surface area contributed by atoms with E-state index < -0.39 is 0 Å². The molecule has 100 valence electrons. The fourth-order valence-electron chi connectivity index (χ4n) is 1.62. The summed E-state index contributed by atoms with van der Waals surface area (Å²) in [4.78, 5) is 15.8. The fraction of sp³-hybridized carbons (Fsp3) is 0.538. The van der Waals surface area contributed by atoms with Gasteiger partial charge in [-0.1, -0.05) is 6.92 Å². The number of aliphatic hydroxyl groups excluding tert-OH is 1. The average molecular weight is 251 g/mol. The second-order valence-corrected chi connectivity index (χ2v) is 4.40. The molecule has 0 aliphatic carbocycles. The number of anilines is 1. The summed E-state index contributed by atoms with van der Waals surface area (Å²) in [5, 5.41) is 14.7. The fourth-order valence-corrected chi connectivity index (χ4v) is 1.62. The Morgan fingerprint density at radius 2 is 2.17 bits per heavy atom. The van der Waals surface area contributed by atoms with Gasteiger partial charge in [0, 0.05) is 12.2 Å². The first-order valence-electron chi connectivity index (χ1n) is 6.19. The van der Waals surface area contributed by atoms with Crippen LogP contribution >= 0.6 is 0 Å². The Labute approximate surface area is 108 Å². The highest BCUT2D eigenvalue weighted by molar-refractivity contribution is 5.88. The Kier molecular flexibility index (Phi) is 5.58. The van der Waals surface area contributed by atoms with Gasteiger partial charge in [-0.3, -0.25) is 5.32 Å². The van der Waals surface area contributed by atoms with Crippen LogP contribution in [-0.4, -0.2) is 28.8 Å². The van der Waals surface area contributed by atoms with E-state index in [2.05, 4.69) is 15.6 Å². The van der Waals surface area contributed by atoms with Crippen LogP contribution in [0.3, 0.4) is 0 Å². The number of aromatic nitrogens is 1. The van der Waals surface area contributed by atoms with E-state index >= 15 is 0 Å². The number of nitrogens with one attached hydrogen (secondary N) is 2. The molecule has 1 atom stereocenters. The van der Waals surface area contributed by atoms with Gasteiger partial charge in [0.1, 0.15) is 5.82 Å². The van der Waals surface area contributed by atoms with Crippen molar-refractivity contribution in [2.24, 2.45) is 0 Å². The first kappa shape index (κ1) is 14.4. The van der Waals surface area contributed by atoms with Crippen LogP contribution in [0.1, 0.15) is 31.0 Å². The number of pyridine rings is 1. The van der Waals surface area contributed by atoms with E-state index in [0.29, 0.717) is 25.2 Å². The number of carbonyl (C=O) groups excluding carboxylic acids is 1. The predicted octanol–water partition coefficient (Wildman–Crippen LogP) is 1.98. The lowest BCUT2D eigenvalue weighted by molar-refractivity contribution is 0.160. The number of aliphatic hydroxyl groups is 1. The number of nitrogens with zero attached hydrogens (tertiary/aromatic N) is 1. The first-order chi connectivity index (χ1) is 8.51. The molecule has 0 aliphatic heterocycles. The summed E-state index contributed by atoms with van der Waals surface area (Å²) in [6.07, 6.45) is 0.899. The number of hydrogen-bond acceptors (Lipinski definition) is 3. The van der Waals surface area contributed by atoms with Crippen molar-refractivity contribution in [2.45, 2.75) is 39.7 Å². The van der Waals surface area contributed by atoms with Crippen LogP contribution in [0.25, 0.3) is 0 Å². The van der Waals surface area contributed by atoms with Gasteiger partial charge in [-0.2, -0.15) is 0 Å². The van der Waals surface area contributed by atoms with Gasteiger partial charge in [-0.05, 0) is 44.4 Å². The van der Waals surface area contributed by atoms with Gasteiger partial charge in [0.25, 0.3) is 0 Å². The maximum atomic E-state index is 11.6. The molecule has 5 nitrogen and oxygen atoms in total. The summed E-state index contributed by atoms with van der Waals surface area (Å²) in [6.45, 7) is 6.19. The molecule has 0 aromatic carbocycles. The molecule has 0 spiro atoms. The summed E-state index contributed by atoms with van der Waals surface area (Å²) >= 11 is 0. The van der Waals surface area contributed by atoms with E-state index in [1.54, 1.807) is 0 Å². The molecule has 0 saturated carbocycles. The minimum absolute atomic E-state index is 0.296. The Balaban J connectivity index is 2.40. The highest BCUT2D eigenvalue weighted by atomic mass is 16.3. The van der Waals surface area contributed by atoms with Gasteiger partial charge in [0.15, 0.2) is 0 Å². The first-order valence-corrected chi connectivity index (χ1v) is 6.19. The molecule has 3 N–H and O–H groups in total. The number of urea groups is 1. The molecular weight excluding hydrogens is 230 g/mol. The van der Waals surface area contributed by atoms with Crippen LogP contribution < -0.4 is 10.6 Å².